The summed E-state index contributed by atoms with van der Waals surface area (Å²) in [4.78, 5) is 51.1. The van der Waals surface area contributed by atoms with Gasteiger partial charge >= 0.3 is 17.9 Å². The van der Waals surface area contributed by atoms with E-state index in [1.165, 1.54) is 14.0 Å². The summed E-state index contributed by atoms with van der Waals surface area (Å²) in [5.41, 5.74) is -3.35. The van der Waals surface area contributed by atoms with Crippen LogP contribution in [0.2, 0.25) is 0 Å². The van der Waals surface area contributed by atoms with Crippen molar-refractivity contribution in [2.75, 3.05) is 7.11 Å². The second kappa shape index (κ2) is 6.83. The van der Waals surface area contributed by atoms with Gasteiger partial charge in [0, 0.05) is 29.6 Å². The molecule has 1 spiro atoms. The van der Waals surface area contributed by atoms with E-state index in [2.05, 4.69) is 13.8 Å². The van der Waals surface area contributed by atoms with Crippen LogP contribution in [0.3, 0.4) is 0 Å². The normalized spacial score (nSPS) is 50.5. The maximum absolute atomic E-state index is 13.0. The summed E-state index contributed by atoms with van der Waals surface area (Å²) >= 11 is 0. The molecule has 5 aliphatic rings. The number of rotatable bonds is 2. The molecule has 8 heteroatoms. The van der Waals surface area contributed by atoms with Gasteiger partial charge in [-0.25, -0.2) is 9.59 Å². The lowest BCUT2D eigenvalue weighted by Gasteiger charge is -2.69. The van der Waals surface area contributed by atoms with Crippen molar-refractivity contribution in [2.24, 2.45) is 33.5 Å². The molecular formula is C26H36O8. The Labute approximate surface area is 200 Å². The molecule has 9 atom stereocenters. The van der Waals surface area contributed by atoms with Gasteiger partial charge in [-0.3, -0.25) is 9.59 Å². The molecule has 0 N–H and O–H groups in total. The van der Waals surface area contributed by atoms with Crippen LogP contribution in [-0.4, -0.2) is 54.7 Å². The van der Waals surface area contributed by atoms with E-state index in [1.54, 1.807) is 0 Å². The number of ether oxygens (including phenoxy) is 4. The van der Waals surface area contributed by atoms with Crippen LogP contribution in [0.5, 0.6) is 0 Å². The number of fused-ring (bicyclic) bond motifs is 3. The van der Waals surface area contributed by atoms with Gasteiger partial charge in [0.25, 0.3) is 0 Å². The Morgan fingerprint density at radius 2 is 1.71 bits per heavy atom. The molecule has 0 radical (unpaired) electrons. The Balaban J connectivity index is 1.69. The summed E-state index contributed by atoms with van der Waals surface area (Å²) in [6, 6.07) is 0. The molecule has 2 saturated heterocycles. The number of hydrogen-bond donors (Lipinski definition) is 0. The lowest BCUT2D eigenvalue weighted by molar-refractivity contribution is -0.263. The highest BCUT2D eigenvalue weighted by Gasteiger charge is 2.89. The fraction of sp³-hybridized carbons (Fsp3) is 0.846. The predicted octanol–water partition coefficient (Wildman–Crippen LogP) is 2.99. The number of carbonyl (C=O) groups excluding carboxylic acids is 4. The first kappa shape index (κ1) is 23.8. The van der Waals surface area contributed by atoms with Gasteiger partial charge in [-0.2, -0.15) is 0 Å². The largest absolute Gasteiger partial charge is 0.466 e. The topological polar surface area (TPSA) is 108 Å². The third kappa shape index (κ3) is 2.48. The van der Waals surface area contributed by atoms with Crippen LogP contribution >= 0.6 is 0 Å². The van der Waals surface area contributed by atoms with Crippen molar-refractivity contribution in [3.8, 4) is 0 Å². The molecule has 0 aromatic carbocycles. The molecule has 3 saturated carbocycles. The average Bonchev–Trinajstić information content (AvgIpc) is 3.53. The van der Waals surface area contributed by atoms with E-state index in [-0.39, 0.29) is 23.0 Å². The number of hydrogen-bond acceptors (Lipinski definition) is 8. The highest BCUT2D eigenvalue weighted by molar-refractivity contribution is 5.88. The van der Waals surface area contributed by atoms with Crippen LogP contribution in [0.4, 0.5) is 0 Å². The monoisotopic (exact) mass is 476 g/mol. The van der Waals surface area contributed by atoms with E-state index < -0.39 is 58.1 Å². The van der Waals surface area contributed by atoms with Crippen molar-refractivity contribution in [2.45, 2.75) is 97.6 Å². The van der Waals surface area contributed by atoms with Gasteiger partial charge in [-0.15, -0.1) is 0 Å². The Kier molecular flexibility index (Phi) is 4.77. The predicted molar refractivity (Wildman–Crippen MR) is 118 cm³/mol. The molecule has 34 heavy (non-hydrogen) atoms. The SMILES string of the molecule is COC(=O)[C@@H]1OC(=O)[C@H]2O[C@]23[C@@]2(C)[C@H](CC[C@@]13C)[C@@]1(C)CCC(=O)C(C)(C)[C@@H]1C[C@H]2OC(C)=O. The molecular weight excluding hydrogens is 440 g/mol. The standard InChI is InChI=1S/C26H36O8/c1-13(27)32-17-12-15-22(2,3)16(28)9-10-23(15,4)14-8-11-24(5)18(20(29)31-7)33-21(30)19-26(24,34-19)25(14,17)6/h14-15,17-19H,8-12H2,1-7H3/t14-,15+,17-,18+,19-,23-,24+,25+,26-/m1/s1. The van der Waals surface area contributed by atoms with E-state index in [1.807, 2.05) is 20.8 Å². The van der Waals surface area contributed by atoms with E-state index in [0.717, 1.165) is 12.8 Å². The van der Waals surface area contributed by atoms with Gasteiger partial charge in [0.2, 0.25) is 6.10 Å². The number of carbonyl (C=O) groups is 4. The summed E-state index contributed by atoms with van der Waals surface area (Å²) < 4.78 is 23.0. The number of Topliss-reactive ketones (excluding diaryl/α,β-unsaturated/α-hetero) is 1. The number of methoxy groups -OCH3 is 1. The van der Waals surface area contributed by atoms with Crippen molar-refractivity contribution in [3.05, 3.63) is 0 Å². The number of cyclic esters (lactones) is 1. The highest BCUT2D eigenvalue weighted by atomic mass is 16.7. The fourth-order valence-electron chi connectivity index (χ4n) is 9.25. The molecule has 5 fully saturated rings. The Morgan fingerprint density at radius 1 is 1.03 bits per heavy atom. The van der Waals surface area contributed by atoms with Gasteiger partial charge < -0.3 is 18.9 Å². The molecule has 0 aromatic heterocycles. The van der Waals surface area contributed by atoms with Gasteiger partial charge in [0.15, 0.2) is 6.10 Å². The maximum Gasteiger partial charge on any atom is 0.347 e. The van der Waals surface area contributed by atoms with Gasteiger partial charge in [-0.05, 0) is 42.9 Å². The maximum atomic E-state index is 13.0. The van der Waals surface area contributed by atoms with Crippen molar-refractivity contribution in [1.82, 2.24) is 0 Å². The lowest BCUT2D eigenvalue weighted by Crippen LogP contribution is -2.75. The summed E-state index contributed by atoms with van der Waals surface area (Å²) in [5.74, 6) is -1.28. The second-order valence-corrected chi connectivity index (χ2v) is 12.4. The summed E-state index contributed by atoms with van der Waals surface area (Å²) in [7, 11) is 1.29. The summed E-state index contributed by atoms with van der Waals surface area (Å²) in [5, 5.41) is 0. The second-order valence-electron chi connectivity index (χ2n) is 12.4. The fourth-order valence-corrected chi connectivity index (χ4v) is 9.25. The van der Waals surface area contributed by atoms with Crippen molar-refractivity contribution in [1.29, 1.82) is 0 Å². The third-order valence-electron chi connectivity index (χ3n) is 10.9. The molecule has 0 aromatic rings. The van der Waals surface area contributed by atoms with Crippen LogP contribution in [0.25, 0.3) is 0 Å². The van der Waals surface area contributed by atoms with Crippen LogP contribution in [0.1, 0.15) is 73.6 Å². The van der Waals surface area contributed by atoms with Crippen molar-refractivity contribution < 1.29 is 38.1 Å². The zero-order valence-corrected chi connectivity index (χ0v) is 21.2. The molecule has 3 aliphatic carbocycles. The molecule has 2 aliphatic heterocycles. The van der Waals surface area contributed by atoms with Crippen molar-refractivity contribution in [3.63, 3.8) is 0 Å². The molecule has 0 amide bonds. The molecule has 0 unspecified atom stereocenters. The highest BCUT2D eigenvalue weighted by Crippen LogP contribution is 2.78. The lowest BCUT2D eigenvalue weighted by atomic mass is 9.35. The Morgan fingerprint density at radius 3 is 2.32 bits per heavy atom. The zero-order chi connectivity index (χ0) is 25.1. The van der Waals surface area contributed by atoms with E-state index >= 15 is 0 Å². The first-order valence-corrected chi connectivity index (χ1v) is 12.4. The van der Waals surface area contributed by atoms with Crippen molar-refractivity contribution >= 4 is 23.7 Å². The Bertz CT molecular complexity index is 987. The minimum absolute atomic E-state index is 0.0218. The summed E-state index contributed by atoms with van der Waals surface area (Å²) in [6.07, 6.45) is 0.629. The van der Waals surface area contributed by atoms with Gasteiger partial charge in [0.05, 0.1) is 7.11 Å². The minimum Gasteiger partial charge on any atom is -0.466 e. The molecule has 8 nitrogen and oxygen atoms in total. The van der Waals surface area contributed by atoms with E-state index in [0.29, 0.717) is 19.3 Å². The number of ketones is 1. The van der Waals surface area contributed by atoms with E-state index in [9.17, 15) is 19.2 Å². The summed E-state index contributed by atoms with van der Waals surface area (Å²) in [6.45, 7) is 11.7. The molecule has 2 heterocycles. The van der Waals surface area contributed by atoms with Crippen LogP contribution in [0.15, 0.2) is 0 Å². The van der Waals surface area contributed by atoms with E-state index in [4.69, 9.17) is 18.9 Å². The first-order chi connectivity index (χ1) is 15.7. The molecule has 188 valence electrons. The molecule has 0 bridgehead atoms. The first-order valence-electron chi connectivity index (χ1n) is 12.4. The zero-order valence-electron chi connectivity index (χ0n) is 21.2. The third-order valence-corrected chi connectivity index (χ3v) is 10.9. The average molecular weight is 477 g/mol. The van der Waals surface area contributed by atoms with Crippen LogP contribution in [-0.2, 0) is 38.1 Å². The quantitative estimate of drug-likeness (QED) is 0.340. The molecule has 5 rings (SSSR count). The van der Waals surface area contributed by atoms with Crippen LogP contribution < -0.4 is 0 Å². The number of esters is 3. The minimum atomic E-state index is -1.09. The van der Waals surface area contributed by atoms with Gasteiger partial charge in [0.1, 0.15) is 17.5 Å². The van der Waals surface area contributed by atoms with Gasteiger partial charge in [-0.1, -0.05) is 34.6 Å². The smallest absolute Gasteiger partial charge is 0.347 e. The Hall–Kier alpha value is -1.96. The number of epoxide rings is 1. The van der Waals surface area contributed by atoms with Crippen LogP contribution in [0, 0.1) is 33.5 Å².